The lowest BCUT2D eigenvalue weighted by Gasteiger charge is -2.19. The maximum Gasteiger partial charge on any atom is 0.161 e. The van der Waals surface area contributed by atoms with Gasteiger partial charge in [-0.15, -0.1) is 0 Å². The minimum absolute atomic E-state index is 0.0372. The second-order valence-corrected chi connectivity index (χ2v) is 5.02. The van der Waals surface area contributed by atoms with Gasteiger partial charge in [0.1, 0.15) is 6.04 Å². The maximum atomic E-state index is 9.75. The molecule has 4 nitrogen and oxygen atoms in total. The second kappa shape index (κ2) is 7.48. The third-order valence-electron chi connectivity index (χ3n) is 3.46. The molecule has 0 amide bonds. The Hall–Kier alpha value is -2.51. The average molecular weight is 296 g/mol. The zero-order valence-corrected chi connectivity index (χ0v) is 12.8. The van der Waals surface area contributed by atoms with Gasteiger partial charge in [-0.1, -0.05) is 36.4 Å². The Morgan fingerprint density at radius 2 is 1.91 bits per heavy atom. The molecule has 0 aliphatic rings. The SMILES string of the molecule is CCOc1cc(C(C#N)NC(C)c2ccccc2)ccc1O. The monoisotopic (exact) mass is 296 g/mol. The van der Waals surface area contributed by atoms with Crippen LogP contribution in [0.15, 0.2) is 48.5 Å². The molecule has 0 spiro atoms. The summed E-state index contributed by atoms with van der Waals surface area (Å²) in [6, 6.07) is 16.8. The van der Waals surface area contributed by atoms with Crippen LogP contribution in [0.4, 0.5) is 0 Å². The molecular formula is C18H20N2O2. The smallest absolute Gasteiger partial charge is 0.161 e. The Morgan fingerprint density at radius 1 is 1.18 bits per heavy atom. The number of hydrogen-bond donors (Lipinski definition) is 2. The van der Waals surface area contributed by atoms with Gasteiger partial charge < -0.3 is 9.84 Å². The maximum absolute atomic E-state index is 9.75. The summed E-state index contributed by atoms with van der Waals surface area (Å²) in [6.45, 7) is 4.33. The van der Waals surface area contributed by atoms with Crippen molar-refractivity contribution in [3.63, 3.8) is 0 Å². The molecule has 2 atom stereocenters. The van der Waals surface area contributed by atoms with Crippen molar-refractivity contribution < 1.29 is 9.84 Å². The Morgan fingerprint density at radius 3 is 2.55 bits per heavy atom. The number of nitrogens with zero attached hydrogens (tertiary/aromatic N) is 1. The van der Waals surface area contributed by atoms with E-state index in [1.165, 1.54) is 0 Å². The molecular weight excluding hydrogens is 276 g/mol. The summed E-state index contributed by atoms with van der Waals surface area (Å²) in [7, 11) is 0. The van der Waals surface area contributed by atoms with E-state index in [4.69, 9.17) is 4.74 Å². The zero-order valence-electron chi connectivity index (χ0n) is 12.8. The highest BCUT2D eigenvalue weighted by Crippen LogP contribution is 2.30. The quantitative estimate of drug-likeness (QED) is 0.853. The van der Waals surface area contributed by atoms with Gasteiger partial charge in [0.2, 0.25) is 0 Å². The lowest BCUT2D eigenvalue weighted by atomic mass is 10.0. The highest BCUT2D eigenvalue weighted by atomic mass is 16.5. The molecule has 2 unspecified atom stereocenters. The average Bonchev–Trinajstić information content (AvgIpc) is 2.55. The zero-order chi connectivity index (χ0) is 15.9. The van der Waals surface area contributed by atoms with Gasteiger partial charge in [-0.05, 0) is 37.1 Å². The highest BCUT2D eigenvalue weighted by Gasteiger charge is 2.16. The Labute approximate surface area is 131 Å². The van der Waals surface area contributed by atoms with Crippen LogP contribution in [-0.2, 0) is 0 Å². The normalized spacial score (nSPS) is 13.1. The number of nitrogens with one attached hydrogen (secondary N) is 1. The molecule has 0 fully saturated rings. The molecule has 0 saturated carbocycles. The molecule has 2 rings (SSSR count). The van der Waals surface area contributed by atoms with Crippen LogP contribution in [0.1, 0.15) is 37.1 Å². The Bertz CT molecular complexity index is 650. The van der Waals surface area contributed by atoms with Crippen LogP contribution >= 0.6 is 0 Å². The first-order chi connectivity index (χ1) is 10.7. The van der Waals surface area contributed by atoms with E-state index in [0.717, 1.165) is 11.1 Å². The fraction of sp³-hybridized carbons (Fsp3) is 0.278. The van der Waals surface area contributed by atoms with Crippen LogP contribution < -0.4 is 10.1 Å². The second-order valence-electron chi connectivity index (χ2n) is 5.02. The van der Waals surface area contributed by atoms with Crippen molar-refractivity contribution in [3.05, 3.63) is 59.7 Å². The van der Waals surface area contributed by atoms with Crippen molar-refractivity contribution >= 4 is 0 Å². The van der Waals surface area contributed by atoms with Gasteiger partial charge in [0.05, 0.1) is 12.7 Å². The third kappa shape index (κ3) is 3.78. The summed E-state index contributed by atoms with van der Waals surface area (Å²) >= 11 is 0. The van der Waals surface area contributed by atoms with Gasteiger partial charge in [0.25, 0.3) is 0 Å². The number of nitriles is 1. The number of hydrogen-bond acceptors (Lipinski definition) is 4. The van der Waals surface area contributed by atoms with Crippen molar-refractivity contribution in [2.75, 3.05) is 6.61 Å². The number of phenols is 1. The van der Waals surface area contributed by atoms with Gasteiger partial charge >= 0.3 is 0 Å². The van der Waals surface area contributed by atoms with E-state index in [1.807, 2.05) is 44.2 Å². The van der Waals surface area contributed by atoms with E-state index in [-0.39, 0.29) is 11.8 Å². The summed E-state index contributed by atoms with van der Waals surface area (Å²) in [5.74, 6) is 0.479. The molecule has 22 heavy (non-hydrogen) atoms. The first-order valence-corrected chi connectivity index (χ1v) is 7.32. The molecule has 0 aromatic heterocycles. The van der Waals surface area contributed by atoms with Crippen molar-refractivity contribution in [1.29, 1.82) is 5.26 Å². The Kier molecular flexibility index (Phi) is 5.40. The lowest BCUT2D eigenvalue weighted by Crippen LogP contribution is -2.23. The van der Waals surface area contributed by atoms with Gasteiger partial charge in [-0.2, -0.15) is 5.26 Å². The van der Waals surface area contributed by atoms with E-state index in [1.54, 1.807) is 18.2 Å². The van der Waals surface area contributed by atoms with Crippen LogP contribution in [0.5, 0.6) is 11.5 Å². The van der Waals surface area contributed by atoms with Gasteiger partial charge in [0.15, 0.2) is 11.5 Å². The van der Waals surface area contributed by atoms with Gasteiger partial charge in [-0.3, -0.25) is 5.32 Å². The molecule has 4 heteroatoms. The minimum atomic E-state index is -0.477. The first kappa shape index (κ1) is 15.9. The summed E-state index contributed by atoms with van der Waals surface area (Å²) < 4.78 is 5.37. The molecule has 2 N–H and O–H groups in total. The molecule has 2 aromatic rings. The molecule has 114 valence electrons. The predicted molar refractivity (Wildman–Crippen MR) is 85.6 cm³/mol. The van der Waals surface area contributed by atoms with Gasteiger partial charge in [0, 0.05) is 6.04 Å². The number of rotatable bonds is 6. The molecule has 0 bridgehead atoms. The van der Waals surface area contributed by atoms with E-state index < -0.39 is 6.04 Å². The molecule has 2 aromatic carbocycles. The van der Waals surface area contributed by atoms with Crippen molar-refractivity contribution in [2.45, 2.75) is 25.9 Å². The molecule has 0 saturated heterocycles. The minimum Gasteiger partial charge on any atom is -0.504 e. The lowest BCUT2D eigenvalue weighted by molar-refractivity contribution is 0.317. The highest BCUT2D eigenvalue weighted by molar-refractivity contribution is 5.44. The fourth-order valence-corrected chi connectivity index (χ4v) is 2.28. The van der Waals surface area contributed by atoms with E-state index in [0.29, 0.717) is 12.4 Å². The van der Waals surface area contributed by atoms with Crippen molar-refractivity contribution in [1.82, 2.24) is 5.32 Å². The number of phenolic OH excluding ortho intramolecular Hbond substituents is 1. The van der Waals surface area contributed by atoms with Crippen LogP contribution in [0.2, 0.25) is 0 Å². The van der Waals surface area contributed by atoms with Gasteiger partial charge in [-0.25, -0.2) is 0 Å². The molecule has 0 heterocycles. The van der Waals surface area contributed by atoms with E-state index in [9.17, 15) is 10.4 Å². The molecule has 0 aliphatic carbocycles. The molecule has 0 aliphatic heterocycles. The fourth-order valence-electron chi connectivity index (χ4n) is 2.28. The first-order valence-electron chi connectivity index (χ1n) is 7.32. The van der Waals surface area contributed by atoms with Crippen LogP contribution in [0, 0.1) is 11.3 Å². The number of ether oxygens (including phenoxy) is 1. The summed E-state index contributed by atoms with van der Waals surface area (Å²) in [6.07, 6.45) is 0. The van der Waals surface area contributed by atoms with Crippen molar-refractivity contribution in [3.8, 4) is 17.6 Å². The van der Waals surface area contributed by atoms with E-state index in [2.05, 4.69) is 11.4 Å². The Balaban J connectivity index is 2.18. The van der Waals surface area contributed by atoms with Crippen LogP contribution in [0.3, 0.4) is 0 Å². The number of aromatic hydroxyl groups is 1. The topological polar surface area (TPSA) is 65.3 Å². The summed E-state index contributed by atoms with van der Waals surface area (Å²) in [5, 5.41) is 22.5. The van der Waals surface area contributed by atoms with Crippen LogP contribution in [0.25, 0.3) is 0 Å². The molecule has 0 radical (unpaired) electrons. The predicted octanol–water partition coefficient (Wildman–Crippen LogP) is 3.71. The largest absolute Gasteiger partial charge is 0.504 e. The summed E-state index contributed by atoms with van der Waals surface area (Å²) in [4.78, 5) is 0. The summed E-state index contributed by atoms with van der Waals surface area (Å²) in [5.41, 5.74) is 1.89. The van der Waals surface area contributed by atoms with E-state index >= 15 is 0 Å². The van der Waals surface area contributed by atoms with Crippen LogP contribution in [-0.4, -0.2) is 11.7 Å². The number of benzene rings is 2. The third-order valence-corrected chi connectivity index (χ3v) is 3.46. The standard InChI is InChI=1S/C18H20N2O2/c1-3-22-18-11-15(9-10-17(18)21)16(12-19)20-13(2)14-7-5-4-6-8-14/h4-11,13,16,20-21H,3H2,1-2H3. The van der Waals surface area contributed by atoms with Crippen molar-refractivity contribution in [2.24, 2.45) is 0 Å².